The Bertz CT molecular complexity index is 319. The van der Waals surface area contributed by atoms with Crippen molar-refractivity contribution in [1.29, 1.82) is 0 Å². The second-order valence-electron chi connectivity index (χ2n) is 4.40. The molecule has 1 unspecified atom stereocenters. The van der Waals surface area contributed by atoms with Gasteiger partial charge in [0, 0.05) is 6.04 Å². The Balaban J connectivity index is 1.99. The molecule has 0 heterocycles. The zero-order valence-electron chi connectivity index (χ0n) is 9.78. The van der Waals surface area contributed by atoms with E-state index in [1.54, 1.807) is 0 Å². The highest BCUT2D eigenvalue weighted by Crippen LogP contribution is 2.37. The van der Waals surface area contributed by atoms with E-state index in [9.17, 15) is 0 Å². The van der Waals surface area contributed by atoms with Crippen molar-refractivity contribution in [1.82, 2.24) is 5.43 Å². The van der Waals surface area contributed by atoms with Gasteiger partial charge in [-0.2, -0.15) is 0 Å². The molecule has 1 aromatic carbocycles. The molecule has 0 aliphatic heterocycles. The summed E-state index contributed by atoms with van der Waals surface area (Å²) < 4.78 is 5.42. The molecule has 3 nitrogen and oxygen atoms in total. The van der Waals surface area contributed by atoms with Gasteiger partial charge in [0.2, 0.25) is 0 Å². The van der Waals surface area contributed by atoms with Gasteiger partial charge in [-0.05, 0) is 37.0 Å². The van der Waals surface area contributed by atoms with Crippen molar-refractivity contribution >= 4 is 0 Å². The summed E-state index contributed by atoms with van der Waals surface area (Å²) in [7, 11) is 0. The lowest BCUT2D eigenvalue weighted by Gasteiger charge is -2.16. The van der Waals surface area contributed by atoms with E-state index >= 15 is 0 Å². The molecule has 1 aliphatic carbocycles. The van der Waals surface area contributed by atoms with E-state index in [0.717, 1.165) is 18.1 Å². The lowest BCUT2D eigenvalue weighted by Crippen LogP contribution is -2.28. The Labute approximate surface area is 97.0 Å². The predicted octanol–water partition coefficient (Wildman–Crippen LogP) is 2.39. The molecular formula is C13H20N2O. The van der Waals surface area contributed by atoms with Crippen LogP contribution in [0.1, 0.15) is 37.8 Å². The van der Waals surface area contributed by atoms with E-state index < -0.39 is 0 Å². The number of hydrazine groups is 1. The molecule has 0 amide bonds. The normalized spacial score (nSPS) is 17.1. The Hall–Kier alpha value is -1.06. The lowest BCUT2D eigenvalue weighted by atomic mass is 10.0. The van der Waals surface area contributed by atoms with Crippen LogP contribution in [0.5, 0.6) is 5.75 Å². The van der Waals surface area contributed by atoms with Crippen LogP contribution in [0, 0.1) is 5.92 Å². The van der Waals surface area contributed by atoms with Crippen molar-refractivity contribution in [3.05, 3.63) is 29.8 Å². The Morgan fingerprint density at radius 1 is 1.38 bits per heavy atom. The zero-order valence-corrected chi connectivity index (χ0v) is 9.78. The van der Waals surface area contributed by atoms with E-state index in [1.165, 1.54) is 18.4 Å². The summed E-state index contributed by atoms with van der Waals surface area (Å²) in [4.78, 5) is 0. The van der Waals surface area contributed by atoms with Crippen LogP contribution in [-0.2, 0) is 0 Å². The number of hydrogen-bond acceptors (Lipinski definition) is 3. The van der Waals surface area contributed by atoms with Gasteiger partial charge in [-0.3, -0.25) is 11.3 Å². The standard InChI is InChI=1S/C13H20N2O/c1-2-16-12-7-5-11(6-8-12)13(15-14)9-10-3-4-10/h5-8,10,13,15H,2-4,9,14H2,1H3. The quantitative estimate of drug-likeness (QED) is 0.571. The van der Waals surface area contributed by atoms with Gasteiger partial charge in [0.05, 0.1) is 6.61 Å². The molecule has 0 bridgehead atoms. The van der Waals surface area contributed by atoms with Gasteiger partial charge in [-0.1, -0.05) is 25.0 Å². The van der Waals surface area contributed by atoms with Crippen molar-refractivity contribution in [2.45, 2.75) is 32.2 Å². The highest BCUT2D eigenvalue weighted by Gasteiger charge is 2.25. The number of rotatable bonds is 6. The second kappa shape index (κ2) is 5.32. The number of benzene rings is 1. The van der Waals surface area contributed by atoms with E-state index in [2.05, 4.69) is 17.6 Å². The highest BCUT2D eigenvalue weighted by atomic mass is 16.5. The molecule has 1 saturated carbocycles. The average Bonchev–Trinajstić information content (AvgIpc) is 3.11. The predicted molar refractivity (Wildman–Crippen MR) is 65.0 cm³/mol. The van der Waals surface area contributed by atoms with Crippen LogP contribution in [0.3, 0.4) is 0 Å². The molecule has 16 heavy (non-hydrogen) atoms. The van der Waals surface area contributed by atoms with Gasteiger partial charge in [0.25, 0.3) is 0 Å². The maximum absolute atomic E-state index is 5.60. The third kappa shape index (κ3) is 2.97. The number of nitrogens with one attached hydrogen (secondary N) is 1. The molecule has 3 N–H and O–H groups in total. The fourth-order valence-electron chi connectivity index (χ4n) is 1.95. The van der Waals surface area contributed by atoms with E-state index in [0.29, 0.717) is 6.61 Å². The van der Waals surface area contributed by atoms with Crippen LogP contribution in [0.4, 0.5) is 0 Å². The molecule has 0 saturated heterocycles. The van der Waals surface area contributed by atoms with Crippen LogP contribution in [-0.4, -0.2) is 6.61 Å². The maximum atomic E-state index is 5.60. The molecule has 0 spiro atoms. The first kappa shape index (κ1) is 11.4. The van der Waals surface area contributed by atoms with Crippen molar-refractivity contribution in [3.8, 4) is 5.75 Å². The molecular weight excluding hydrogens is 200 g/mol. The SMILES string of the molecule is CCOc1ccc(C(CC2CC2)NN)cc1. The topological polar surface area (TPSA) is 47.3 Å². The van der Waals surface area contributed by atoms with Gasteiger partial charge in [0.15, 0.2) is 0 Å². The summed E-state index contributed by atoms with van der Waals surface area (Å²) in [6.07, 6.45) is 3.86. The van der Waals surface area contributed by atoms with Gasteiger partial charge < -0.3 is 4.74 Å². The first-order chi connectivity index (χ1) is 7.83. The second-order valence-corrected chi connectivity index (χ2v) is 4.40. The molecule has 88 valence electrons. The highest BCUT2D eigenvalue weighted by molar-refractivity contribution is 5.29. The first-order valence-electron chi connectivity index (χ1n) is 6.02. The number of nitrogens with two attached hydrogens (primary N) is 1. The lowest BCUT2D eigenvalue weighted by molar-refractivity contribution is 0.340. The van der Waals surface area contributed by atoms with Crippen LogP contribution in [0.2, 0.25) is 0 Å². The average molecular weight is 220 g/mol. The Kier molecular flexibility index (Phi) is 3.80. The molecule has 1 aromatic rings. The molecule has 1 aliphatic rings. The minimum atomic E-state index is 0.281. The summed E-state index contributed by atoms with van der Waals surface area (Å²) in [5.41, 5.74) is 4.15. The van der Waals surface area contributed by atoms with Crippen LogP contribution in [0.15, 0.2) is 24.3 Å². The molecule has 3 heteroatoms. The minimum absolute atomic E-state index is 0.281. The fraction of sp³-hybridized carbons (Fsp3) is 0.538. The zero-order chi connectivity index (χ0) is 11.4. The third-order valence-corrected chi connectivity index (χ3v) is 3.06. The summed E-state index contributed by atoms with van der Waals surface area (Å²) in [6, 6.07) is 8.49. The fourth-order valence-corrected chi connectivity index (χ4v) is 1.95. The molecule has 1 fully saturated rings. The Morgan fingerprint density at radius 3 is 2.56 bits per heavy atom. The van der Waals surface area contributed by atoms with Crippen molar-refractivity contribution in [2.75, 3.05) is 6.61 Å². The van der Waals surface area contributed by atoms with Gasteiger partial charge in [0.1, 0.15) is 5.75 Å². The van der Waals surface area contributed by atoms with Gasteiger partial charge >= 0.3 is 0 Å². The van der Waals surface area contributed by atoms with Crippen LogP contribution < -0.4 is 16.0 Å². The third-order valence-electron chi connectivity index (χ3n) is 3.06. The summed E-state index contributed by atoms with van der Waals surface area (Å²) in [5, 5.41) is 0. The van der Waals surface area contributed by atoms with Crippen molar-refractivity contribution < 1.29 is 4.74 Å². The molecule has 1 atom stereocenters. The van der Waals surface area contributed by atoms with Gasteiger partial charge in [-0.25, -0.2) is 0 Å². The maximum Gasteiger partial charge on any atom is 0.119 e. The molecule has 2 rings (SSSR count). The monoisotopic (exact) mass is 220 g/mol. The largest absolute Gasteiger partial charge is 0.494 e. The summed E-state index contributed by atoms with van der Waals surface area (Å²) in [5.74, 6) is 7.39. The van der Waals surface area contributed by atoms with Crippen molar-refractivity contribution in [3.63, 3.8) is 0 Å². The van der Waals surface area contributed by atoms with Crippen molar-refractivity contribution in [2.24, 2.45) is 11.8 Å². The van der Waals surface area contributed by atoms with E-state index in [4.69, 9.17) is 10.6 Å². The number of ether oxygens (including phenoxy) is 1. The van der Waals surface area contributed by atoms with Gasteiger partial charge in [-0.15, -0.1) is 0 Å². The van der Waals surface area contributed by atoms with E-state index in [-0.39, 0.29) is 6.04 Å². The summed E-state index contributed by atoms with van der Waals surface area (Å²) in [6.45, 7) is 2.70. The smallest absolute Gasteiger partial charge is 0.119 e. The Morgan fingerprint density at radius 2 is 2.06 bits per heavy atom. The number of hydrogen-bond donors (Lipinski definition) is 2. The van der Waals surface area contributed by atoms with Crippen LogP contribution in [0.25, 0.3) is 0 Å². The molecule has 0 aromatic heterocycles. The molecule has 0 radical (unpaired) electrons. The van der Waals surface area contributed by atoms with Crippen LogP contribution >= 0.6 is 0 Å². The summed E-state index contributed by atoms with van der Waals surface area (Å²) >= 11 is 0. The van der Waals surface area contributed by atoms with E-state index in [1.807, 2.05) is 19.1 Å². The first-order valence-corrected chi connectivity index (χ1v) is 6.02. The minimum Gasteiger partial charge on any atom is -0.494 e.